The zero-order valence-electron chi connectivity index (χ0n) is 13.8. The van der Waals surface area contributed by atoms with Crippen LogP contribution in [0.2, 0.25) is 0 Å². The van der Waals surface area contributed by atoms with Gasteiger partial charge in [-0.1, -0.05) is 12.1 Å². The van der Waals surface area contributed by atoms with Crippen molar-refractivity contribution in [2.75, 3.05) is 35.9 Å². The predicted molar refractivity (Wildman–Crippen MR) is 91.2 cm³/mol. The van der Waals surface area contributed by atoms with E-state index in [1.54, 1.807) is 11.0 Å². The Kier molecular flexibility index (Phi) is 4.10. The van der Waals surface area contributed by atoms with E-state index in [0.29, 0.717) is 30.9 Å². The fraction of sp³-hybridized carbons (Fsp3) is 0.562. The second kappa shape index (κ2) is 5.79. The highest BCUT2D eigenvalue weighted by molar-refractivity contribution is 7.93. The smallest absolute Gasteiger partial charge is 0.239 e. The molecule has 23 heavy (non-hydrogen) atoms. The lowest BCUT2D eigenvalue weighted by atomic mass is 10.1. The number of nitrogens with zero attached hydrogens (tertiary/aromatic N) is 3. The first-order valence-electron chi connectivity index (χ1n) is 7.91. The molecule has 1 aromatic rings. The van der Waals surface area contributed by atoms with Gasteiger partial charge in [-0.3, -0.25) is 9.10 Å². The first-order valence-corrected chi connectivity index (χ1v) is 9.41. The van der Waals surface area contributed by atoms with Crippen LogP contribution < -0.4 is 9.21 Å². The van der Waals surface area contributed by atoms with Crippen LogP contribution in [0.4, 0.5) is 11.4 Å². The van der Waals surface area contributed by atoms with Crippen LogP contribution >= 0.6 is 0 Å². The Labute approximate surface area is 137 Å². The van der Waals surface area contributed by atoms with Crippen LogP contribution in [-0.2, 0) is 14.8 Å². The fourth-order valence-electron chi connectivity index (χ4n) is 3.57. The molecule has 0 aliphatic carbocycles. The molecule has 6 nitrogen and oxygen atoms in total. The standard InChI is InChI=1S/C16H23N3O3S/c1-12-10-18(23(21,22)14-8-9-17(3)11-14)15-6-4-5-7-16(15)19(12)13(2)20/h4-7,12,14H,8-11H2,1-3H3. The van der Waals surface area contributed by atoms with Crippen LogP contribution in [0.25, 0.3) is 0 Å². The largest absolute Gasteiger partial charge is 0.306 e. The molecule has 1 saturated heterocycles. The maximum atomic E-state index is 13.1. The minimum Gasteiger partial charge on any atom is -0.306 e. The van der Waals surface area contributed by atoms with Crippen molar-refractivity contribution >= 4 is 27.3 Å². The molecule has 1 fully saturated rings. The number of amides is 1. The third-order valence-electron chi connectivity index (χ3n) is 4.70. The van der Waals surface area contributed by atoms with Crippen LogP contribution in [0.5, 0.6) is 0 Å². The van der Waals surface area contributed by atoms with Crippen molar-refractivity contribution in [2.24, 2.45) is 0 Å². The first-order chi connectivity index (χ1) is 10.8. The number of rotatable bonds is 2. The predicted octanol–water partition coefficient (Wildman–Crippen LogP) is 1.28. The molecule has 0 spiro atoms. The summed E-state index contributed by atoms with van der Waals surface area (Å²) in [6, 6.07) is 7.07. The zero-order chi connectivity index (χ0) is 16.8. The number of hydrogen-bond donors (Lipinski definition) is 0. The highest BCUT2D eigenvalue weighted by Crippen LogP contribution is 2.38. The Bertz CT molecular complexity index is 719. The summed E-state index contributed by atoms with van der Waals surface area (Å²) >= 11 is 0. The van der Waals surface area contributed by atoms with Crippen LogP contribution in [-0.4, -0.2) is 57.2 Å². The molecule has 0 N–H and O–H groups in total. The maximum absolute atomic E-state index is 13.1. The van der Waals surface area contributed by atoms with Crippen molar-refractivity contribution in [1.29, 1.82) is 0 Å². The molecule has 2 heterocycles. The Hall–Kier alpha value is -1.60. The molecule has 2 aliphatic heterocycles. The number of likely N-dealkylation sites (tertiary alicyclic amines) is 1. The third kappa shape index (κ3) is 2.72. The number of carbonyl (C=O) groups is 1. The SMILES string of the molecule is CC(=O)N1c2ccccc2N(S(=O)(=O)C2CCN(C)C2)CC1C. The van der Waals surface area contributed by atoms with Gasteiger partial charge >= 0.3 is 0 Å². The van der Waals surface area contributed by atoms with Gasteiger partial charge < -0.3 is 9.80 Å². The van der Waals surface area contributed by atoms with E-state index in [4.69, 9.17) is 0 Å². The molecule has 2 aliphatic rings. The quantitative estimate of drug-likeness (QED) is 0.816. The summed E-state index contributed by atoms with van der Waals surface area (Å²) in [5.74, 6) is -0.0670. The number of benzene rings is 1. The van der Waals surface area contributed by atoms with E-state index in [0.717, 1.165) is 6.54 Å². The van der Waals surface area contributed by atoms with Gasteiger partial charge in [-0.25, -0.2) is 8.42 Å². The van der Waals surface area contributed by atoms with Crippen molar-refractivity contribution in [2.45, 2.75) is 31.6 Å². The minimum absolute atomic E-state index is 0.0670. The molecular formula is C16H23N3O3S. The Morgan fingerprint density at radius 1 is 1.17 bits per heavy atom. The first kappa shape index (κ1) is 16.3. The summed E-state index contributed by atoms with van der Waals surface area (Å²) in [6.07, 6.45) is 0.655. The number of fused-ring (bicyclic) bond motifs is 1. The van der Waals surface area contributed by atoms with Crippen molar-refractivity contribution in [3.8, 4) is 0 Å². The minimum atomic E-state index is -3.44. The summed E-state index contributed by atoms with van der Waals surface area (Å²) < 4.78 is 27.7. The second-order valence-corrected chi connectivity index (χ2v) is 8.61. The van der Waals surface area contributed by atoms with Crippen molar-refractivity contribution in [3.63, 3.8) is 0 Å². The molecule has 1 amide bonds. The number of anilines is 2. The summed E-state index contributed by atoms with van der Waals surface area (Å²) in [5.41, 5.74) is 1.28. The molecule has 0 radical (unpaired) electrons. The van der Waals surface area contributed by atoms with Gasteiger partial charge in [0, 0.05) is 13.5 Å². The highest BCUT2D eigenvalue weighted by atomic mass is 32.2. The fourth-order valence-corrected chi connectivity index (χ4v) is 5.63. The van der Waals surface area contributed by atoms with E-state index in [2.05, 4.69) is 0 Å². The Balaban J connectivity index is 2.04. The molecule has 1 aromatic carbocycles. The summed E-state index contributed by atoms with van der Waals surface area (Å²) in [7, 11) is -1.49. The number of carbonyl (C=O) groups excluding carboxylic acids is 1. The summed E-state index contributed by atoms with van der Waals surface area (Å²) in [4.78, 5) is 15.7. The molecule has 0 bridgehead atoms. The maximum Gasteiger partial charge on any atom is 0.239 e. The Morgan fingerprint density at radius 2 is 1.83 bits per heavy atom. The average Bonchev–Trinajstić information content (AvgIpc) is 2.93. The van der Waals surface area contributed by atoms with E-state index in [-0.39, 0.29) is 17.2 Å². The molecule has 7 heteroatoms. The molecule has 2 atom stereocenters. The summed E-state index contributed by atoms with van der Waals surface area (Å²) in [6.45, 7) is 5.07. The van der Waals surface area contributed by atoms with Gasteiger partial charge in [0.05, 0.1) is 29.2 Å². The lowest BCUT2D eigenvalue weighted by Crippen LogP contribution is -2.53. The highest BCUT2D eigenvalue weighted by Gasteiger charge is 2.41. The Morgan fingerprint density at radius 3 is 2.39 bits per heavy atom. The van der Waals surface area contributed by atoms with Crippen LogP contribution in [0.1, 0.15) is 20.3 Å². The van der Waals surface area contributed by atoms with Crippen LogP contribution in [0, 0.1) is 0 Å². The number of hydrogen-bond acceptors (Lipinski definition) is 4. The van der Waals surface area contributed by atoms with E-state index >= 15 is 0 Å². The average molecular weight is 337 g/mol. The molecule has 126 valence electrons. The second-order valence-electron chi connectivity index (χ2n) is 6.48. The summed E-state index contributed by atoms with van der Waals surface area (Å²) in [5, 5.41) is -0.378. The number of sulfonamides is 1. The van der Waals surface area contributed by atoms with Crippen molar-refractivity contribution < 1.29 is 13.2 Å². The van der Waals surface area contributed by atoms with E-state index in [1.165, 1.54) is 11.2 Å². The molecule has 0 aromatic heterocycles. The van der Waals surface area contributed by atoms with Gasteiger partial charge in [-0.05, 0) is 39.1 Å². The number of para-hydroxylation sites is 2. The van der Waals surface area contributed by atoms with Crippen molar-refractivity contribution in [3.05, 3.63) is 24.3 Å². The van der Waals surface area contributed by atoms with Gasteiger partial charge in [-0.2, -0.15) is 0 Å². The van der Waals surface area contributed by atoms with Gasteiger partial charge in [0.25, 0.3) is 0 Å². The van der Waals surface area contributed by atoms with Crippen LogP contribution in [0.3, 0.4) is 0 Å². The van der Waals surface area contributed by atoms with Gasteiger partial charge in [-0.15, -0.1) is 0 Å². The van der Waals surface area contributed by atoms with E-state index < -0.39 is 10.0 Å². The molecular weight excluding hydrogens is 314 g/mol. The van der Waals surface area contributed by atoms with Crippen LogP contribution in [0.15, 0.2) is 24.3 Å². The molecule has 0 saturated carbocycles. The zero-order valence-corrected chi connectivity index (χ0v) is 14.6. The van der Waals surface area contributed by atoms with E-state index in [9.17, 15) is 13.2 Å². The topological polar surface area (TPSA) is 60.9 Å². The van der Waals surface area contributed by atoms with Gasteiger partial charge in [0.1, 0.15) is 0 Å². The monoisotopic (exact) mass is 337 g/mol. The van der Waals surface area contributed by atoms with E-state index in [1.807, 2.05) is 37.1 Å². The molecule has 3 rings (SSSR count). The normalized spacial score (nSPS) is 25.5. The lowest BCUT2D eigenvalue weighted by Gasteiger charge is -2.41. The van der Waals surface area contributed by atoms with Crippen molar-refractivity contribution in [1.82, 2.24) is 4.90 Å². The van der Waals surface area contributed by atoms with Gasteiger partial charge in [0.2, 0.25) is 15.9 Å². The lowest BCUT2D eigenvalue weighted by molar-refractivity contribution is -0.117. The third-order valence-corrected chi connectivity index (χ3v) is 6.88. The van der Waals surface area contributed by atoms with Gasteiger partial charge in [0.15, 0.2) is 0 Å². The molecule has 2 unspecified atom stereocenters.